The van der Waals surface area contributed by atoms with Crippen LogP contribution in [0.5, 0.6) is 11.5 Å². The number of benzene rings is 1. The molecule has 1 saturated carbocycles. The summed E-state index contributed by atoms with van der Waals surface area (Å²) < 4.78 is 42.9. The van der Waals surface area contributed by atoms with Gasteiger partial charge in [0.25, 0.3) is 5.97 Å². The molecule has 3 fully saturated rings. The highest BCUT2D eigenvalue weighted by Gasteiger charge is 2.84. The highest BCUT2D eigenvalue weighted by molar-refractivity contribution is 5.98. The van der Waals surface area contributed by atoms with Crippen LogP contribution in [0.4, 0.5) is 0 Å². The average Bonchev–Trinajstić information content (AvgIpc) is 3.31. The maximum atomic E-state index is 12.7. The smallest absolute Gasteiger partial charge is 0.342 e. The largest absolute Gasteiger partial charge is 0.495 e. The molecule has 1 N–H and O–H groups in total. The molecule has 0 unspecified atom stereocenters. The molecule has 10 heteroatoms. The van der Waals surface area contributed by atoms with Gasteiger partial charge in [-0.2, -0.15) is 0 Å². The molecular weight excluding hydrogens is 496 g/mol. The van der Waals surface area contributed by atoms with Gasteiger partial charge in [0, 0.05) is 42.9 Å². The van der Waals surface area contributed by atoms with Crippen LogP contribution in [0, 0.1) is 18.3 Å². The van der Waals surface area contributed by atoms with Gasteiger partial charge in [0.15, 0.2) is 0 Å². The number of ether oxygens (including phenoxy) is 7. The third-order valence-electron chi connectivity index (χ3n) is 10.0. The molecule has 6 rings (SSSR count). The Labute approximate surface area is 221 Å². The van der Waals surface area contributed by atoms with Gasteiger partial charge in [0.2, 0.25) is 0 Å². The van der Waals surface area contributed by atoms with E-state index in [1.54, 1.807) is 0 Å². The summed E-state index contributed by atoms with van der Waals surface area (Å²) in [7, 11) is 3.01. The van der Waals surface area contributed by atoms with Crippen LogP contribution >= 0.6 is 0 Å². The predicted molar refractivity (Wildman–Crippen MR) is 131 cm³/mol. The molecule has 1 aliphatic carbocycles. The van der Waals surface area contributed by atoms with Crippen molar-refractivity contribution in [2.75, 3.05) is 14.2 Å². The van der Waals surface area contributed by atoms with Crippen LogP contribution in [0.15, 0.2) is 0 Å². The summed E-state index contributed by atoms with van der Waals surface area (Å²) in [5.74, 6) is -1.63. The first kappa shape index (κ1) is 25.9. The Morgan fingerprint density at radius 1 is 1.08 bits per heavy atom. The first-order valence-corrected chi connectivity index (χ1v) is 13.1. The molecule has 2 bridgehead atoms. The minimum atomic E-state index is -1.48. The zero-order chi connectivity index (χ0) is 27.6. The number of rotatable bonds is 3. The Bertz CT molecular complexity index is 1260. The number of carbonyl (C=O) groups is 2. The fourth-order valence-electron chi connectivity index (χ4n) is 8.60. The molecule has 0 radical (unpaired) electrons. The molecule has 5 aliphatic rings. The second-order valence-corrected chi connectivity index (χ2v) is 12.2. The molecule has 208 valence electrons. The normalized spacial score (nSPS) is 41.7. The van der Waals surface area contributed by atoms with Crippen LogP contribution in [-0.4, -0.2) is 66.2 Å². The summed E-state index contributed by atoms with van der Waals surface area (Å²) in [5.41, 5.74) is -1.45. The third kappa shape index (κ3) is 2.82. The van der Waals surface area contributed by atoms with Crippen molar-refractivity contribution >= 4 is 11.9 Å². The summed E-state index contributed by atoms with van der Waals surface area (Å²) in [5, 5.41) is 12.0. The van der Waals surface area contributed by atoms with Gasteiger partial charge in [-0.1, -0.05) is 6.92 Å². The minimum Gasteiger partial charge on any atom is -0.495 e. The van der Waals surface area contributed by atoms with Gasteiger partial charge in [-0.05, 0) is 39.7 Å². The van der Waals surface area contributed by atoms with E-state index >= 15 is 0 Å². The molecule has 4 aliphatic heterocycles. The number of fused-ring (bicyclic) bond motifs is 5. The molecule has 1 aromatic carbocycles. The van der Waals surface area contributed by atoms with Gasteiger partial charge < -0.3 is 38.3 Å². The van der Waals surface area contributed by atoms with Gasteiger partial charge in [-0.25, -0.2) is 4.79 Å². The van der Waals surface area contributed by atoms with E-state index in [9.17, 15) is 14.7 Å². The predicted octanol–water partition coefficient (Wildman–Crippen LogP) is 2.95. The van der Waals surface area contributed by atoms with Gasteiger partial charge in [0.1, 0.15) is 46.6 Å². The van der Waals surface area contributed by atoms with Crippen molar-refractivity contribution in [3.05, 3.63) is 22.3 Å². The Hall–Kier alpha value is -2.40. The zero-order valence-corrected chi connectivity index (χ0v) is 23.2. The van der Waals surface area contributed by atoms with E-state index in [0.29, 0.717) is 23.5 Å². The van der Waals surface area contributed by atoms with Crippen molar-refractivity contribution in [2.24, 2.45) is 11.3 Å². The maximum absolute atomic E-state index is 12.7. The highest BCUT2D eigenvalue weighted by Crippen LogP contribution is 2.71. The van der Waals surface area contributed by atoms with Crippen LogP contribution in [0.25, 0.3) is 0 Å². The lowest BCUT2D eigenvalue weighted by atomic mass is 9.45. The molecule has 10 nitrogen and oxygen atoms in total. The second-order valence-electron chi connectivity index (χ2n) is 12.2. The van der Waals surface area contributed by atoms with E-state index in [2.05, 4.69) is 0 Å². The molecule has 38 heavy (non-hydrogen) atoms. The number of hydrogen-bond donors (Lipinski definition) is 1. The molecular formula is C28H36O10. The Morgan fingerprint density at radius 2 is 1.79 bits per heavy atom. The minimum absolute atomic E-state index is 0.115. The van der Waals surface area contributed by atoms with Crippen molar-refractivity contribution in [1.82, 2.24) is 0 Å². The highest BCUT2D eigenvalue weighted by atomic mass is 16.9. The van der Waals surface area contributed by atoms with Crippen LogP contribution in [0.2, 0.25) is 0 Å². The maximum Gasteiger partial charge on any atom is 0.342 e. The number of hydrogen-bond acceptors (Lipinski definition) is 10. The average molecular weight is 533 g/mol. The topological polar surface area (TPSA) is 119 Å². The van der Waals surface area contributed by atoms with Crippen molar-refractivity contribution in [1.29, 1.82) is 0 Å². The Morgan fingerprint density at radius 3 is 2.42 bits per heavy atom. The van der Waals surface area contributed by atoms with Crippen LogP contribution in [0.3, 0.4) is 0 Å². The Kier molecular flexibility index (Phi) is 5.18. The van der Waals surface area contributed by atoms with E-state index in [0.717, 1.165) is 16.7 Å². The van der Waals surface area contributed by atoms with Gasteiger partial charge in [-0.3, -0.25) is 4.79 Å². The summed E-state index contributed by atoms with van der Waals surface area (Å²) in [4.78, 5) is 25.1. The molecule has 2 saturated heterocycles. The van der Waals surface area contributed by atoms with Crippen molar-refractivity contribution in [2.45, 2.75) is 102 Å². The number of carbonyl (C=O) groups excluding carboxylic acids is 2. The molecule has 4 heterocycles. The van der Waals surface area contributed by atoms with E-state index < -0.39 is 52.3 Å². The zero-order valence-electron chi connectivity index (χ0n) is 23.2. The fourth-order valence-corrected chi connectivity index (χ4v) is 8.60. The molecule has 0 aromatic heterocycles. The van der Waals surface area contributed by atoms with Gasteiger partial charge in [-0.15, -0.1) is 0 Å². The van der Waals surface area contributed by atoms with E-state index in [4.69, 9.17) is 33.2 Å². The molecule has 1 aromatic rings. The SMILES string of the molecule is COc1c2c(c(C)c3c1C(=O)OC3)O[C@@]1(C)C[C@H](O)[C@@]34O[C@@](OC)(C[C@H](OC(C)=O)[C@]3(C)[C@@H]1C2)OC4(C)C. The standard InChI is InChI=1S/C28H36O10/c1-13-16-12-34-23(31)20(16)22(32-7)15-9-17-25(5,36-21(13)15)10-18(30)28-24(3,4)37-27(33-8,38-28)11-19(26(17,28)6)35-14(2)29/h17-19,30H,9-12H2,1-8H3/t17-,18+,19+,25+,26+,27-,28+/m1/s1. The Balaban J connectivity index is 1.60. The number of aliphatic hydroxyl groups is 1. The first-order chi connectivity index (χ1) is 17.7. The third-order valence-corrected chi connectivity index (χ3v) is 10.0. The molecule has 1 spiro atoms. The van der Waals surface area contributed by atoms with Crippen molar-refractivity contribution in [3.63, 3.8) is 0 Å². The molecule has 7 atom stereocenters. The number of cyclic esters (lactones) is 1. The van der Waals surface area contributed by atoms with Crippen LogP contribution in [-0.2, 0) is 41.5 Å². The van der Waals surface area contributed by atoms with E-state index in [1.165, 1.54) is 21.1 Å². The van der Waals surface area contributed by atoms with E-state index in [-0.39, 0.29) is 25.4 Å². The summed E-state index contributed by atoms with van der Waals surface area (Å²) in [6.07, 6.45) is -0.990. The first-order valence-electron chi connectivity index (χ1n) is 13.1. The monoisotopic (exact) mass is 532 g/mol. The van der Waals surface area contributed by atoms with Crippen LogP contribution in [0.1, 0.15) is 74.5 Å². The van der Waals surface area contributed by atoms with Crippen molar-refractivity contribution < 1.29 is 47.9 Å². The van der Waals surface area contributed by atoms with Gasteiger partial charge >= 0.3 is 11.9 Å². The lowest BCUT2D eigenvalue weighted by Crippen LogP contribution is -2.80. The van der Waals surface area contributed by atoms with Crippen LogP contribution < -0.4 is 9.47 Å². The fraction of sp³-hybridized carbons (Fsp3) is 0.714. The lowest BCUT2D eigenvalue weighted by Gasteiger charge is -2.67. The quantitative estimate of drug-likeness (QED) is 0.582. The second kappa shape index (κ2) is 7.62. The van der Waals surface area contributed by atoms with E-state index in [1.807, 2.05) is 34.6 Å². The van der Waals surface area contributed by atoms with Crippen molar-refractivity contribution in [3.8, 4) is 11.5 Å². The number of methoxy groups -OCH3 is 2. The summed E-state index contributed by atoms with van der Waals surface area (Å²) in [6, 6.07) is 0. The summed E-state index contributed by atoms with van der Waals surface area (Å²) in [6.45, 7) is 11.1. The number of aliphatic hydroxyl groups excluding tert-OH is 1. The lowest BCUT2D eigenvalue weighted by molar-refractivity contribution is -0.410. The van der Waals surface area contributed by atoms with Gasteiger partial charge in [0.05, 0.1) is 19.6 Å². The summed E-state index contributed by atoms with van der Waals surface area (Å²) >= 11 is 0. The molecule has 0 amide bonds. The number of esters is 2.